The number of fused-ring (bicyclic) bond motifs is 2. The molecule has 0 radical (unpaired) electrons. The number of halogens is 1. The summed E-state index contributed by atoms with van der Waals surface area (Å²) in [6, 6.07) is 9.97. The molecular weight excluding hydrogens is 274 g/mol. The van der Waals surface area contributed by atoms with Crippen molar-refractivity contribution >= 4 is 33.5 Å². The van der Waals surface area contributed by atoms with Crippen LogP contribution >= 0.6 is 11.6 Å². The van der Waals surface area contributed by atoms with E-state index in [4.69, 9.17) is 11.6 Å². The second-order valence-electron chi connectivity index (χ2n) is 4.39. The van der Waals surface area contributed by atoms with Crippen LogP contribution in [0.4, 0.5) is 0 Å². The van der Waals surface area contributed by atoms with E-state index in [9.17, 15) is 0 Å². The lowest BCUT2D eigenvalue weighted by atomic mass is 10.1. The van der Waals surface area contributed by atoms with Gasteiger partial charge in [-0.15, -0.1) is 0 Å². The van der Waals surface area contributed by atoms with Crippen molar-refractivity contribution in [3.05, 3.63) is 48.0 Å². The molecule has 0 aliphatic heterocycles. The Morgan fingerprint density at radius 3 is 2.90 bits per heavy atom. The number of aromatic amines is 1. The predicted octanol–water partition coefficient (Wildman–Crippen LogP) is 3.22. The molecule has 5 nitrogen and oxygen atoms in total. The average molecular weight is 282 g/mol. The van der Waals surface area contributed by atoms with E-state index in [1.807, 2.05) is 30.3 Å². The molecule has 4 rings (SSSR count). The van der Waals surface area contributed by atoms with Gasteiger partial charge in [0.2, 0.25) is 5.28 Å². The summed E-state index contributed by atoms with van der Waals surface area (Å²) in [6.07, 6.45) is 3.48. The van der Waals surface area contributed by atoms with Crippen molar-refractivity contribution in [2.75, 3.05) is 0 Å². The molecule has 0 aliphatic carbocycles. The number of aromatic nitrogens is 5. The lowest BCUT2D eigenvalue weighted by Gasteiger charge is -2.04. The SMILES string of the molecule is Clc1nc(-c2cnc3ccccc3c2)c2cn[nH]c2n1. The quantitative estimate of drug-likeness (QED) is 0.544. The fraction of sp³-hybridized carbons (Fsp3) is 0. The smallest absolute Gasteiger partial charge is 0.224 e. The molecule has 96 valence electrons. The minimum atomic E-state index is 0.185. The van der Waals surface area contributed by atoms with E-state index < -0.39 is 0 Å². The molecule has 0 bridgehead atoms. The normalized spacial score (nSPS) is 11.2. The van der Waals surface area contributed by atoms with Crippen molar-refractivity contribution in [3.8, 4) is 11.3 Å². The first-order valence-corrected chi connectivity index (χ1v) is 6.41. The Morgan fingerprint density at radius 2 is 1.95 bits per heavy atom. The Kier molecular flexibility index (Phi) is 2.40. The first-order chi connectivity index (χ1) is 9.81. The highest BCUT2D eigenvalue weighted by Gasteiger charge is 2.11. The minimum absolute atomic E-state index is 0.185. The lowest BCUT2D eigenvalue weighted by molar-refractivity contribution is 1.09. The number of H-pyrrole nitrogens is 1. The van der Waals surface area contributed by atoms with Crippen LogP contribution in [0.25, 0.3) is 33.2 Å². The summed E-state index contributed by atoms with van der Waals surface area (Å²) in [4.78, 5) is 12.8. The van der Waals surface area contributed by atoms with E-state index in [2.05, 4.69) is 25.1 Å². The topological polar surface area (TPSA) is 67.3 Å². The zero-order valence-electron chi connectivity index (χ0n) is 10.2. The van der Waals surface area contributed by atoms with Crippen molar-refractivity contribution in [1.29, 1.82) is 0 Å². The van der Waals surface area contributed by atoms with Crippen molar-refractivity contribution in [3.63, 3.8) is 0 Å². The number of pyridine rings is 1. The number of nitrogens with one attached hydrogen (secondary N) is 1. The summed E-state index contributed by atoms with van der Waals surface area (Å²) in [5, 5.41) is 8.85. The summed E-state index contributed by atoms with van der Waals surface area (Å²) >= 11 is 5.96. The van der Waals surface area contributed by atoms with Crippen molar-refractivity contribution in [2.45, 2.75) is 0 Å². The fourth-order valence-corrected chi connectivity index (χ4v) is 2.40. The van der Waals surface area contributed by atoms with Gasteiger partial charge in [-0.2, -0.15) is 10.1 Å². The molecular formula is C14H8ClN5. The van der Waals surface area contributed by atoms with Gasteiger partial charge in [0.05, 0.1) is 22.8 Å². The standard InChI is InChI=1S/C14H8ClN5/c15-14-18-12(10-7-17-20-13(10)19-14)9-5-8-3-1-2-4-11(8)16-6-9/h1-7H,(H,17,18,19,20). The molecule has 1 aromatic carbocycles. The average Bonchev–Trinajstić information content (AvgIpc) is 2.94. The highest BCUT2D eigenvalue weighted by atomic mass is 35.5. The molecule has 3 aromatic heterocycles. The van der Waals surface area contributed by atoms with Crippen molar-refractivity contribution in [2.24, 2.45) is 0 Å². The van der Waals surface area contributed by atoms with Gasteiger partial charge in [0.1, 0.15) is 0 Å². The van der Waals surface area contributed by atoms with E-state index in [1.165, 1.54) is 0 Å². The first-order valence-electron chi connectivity index (χ1n) is 6.03. The van der Waals surface area contributed by atoms with Crippen LogP contribution in [0.15, 0.2) is 42.7 Å². The van der Waals surface area contributed by atoms with Crippen LogP contribution in [-0.4, -0.2) is 25.1 Å². The second-order valence-corrected chi connectivity index (χ2v) is 4.73. The summed E-state index contributed by atoms with van der Waals surface area (Å²) in [6.45, 7) is 0. The van der Waals surface area contributed by atoms with E-state index in [0.717, 1.165) is 27.5 Å². The van der Waals surface area contributed by atoms with Crippen LogP contribution in [0.5, 0.6) is 0 Å². The molecule has 3 heterocycles. The molecule has 6 heteroatoms. The predicted molar refractivity (Wildman–Crippen MR) is 77.4 cm³/mol. The Labute approximate surface area is 118 Å². The minimum Gasteiger partial charge on any atom is -0.261 e. The lowest BCUT2D eigenvalue weighted by Crippen LogP contribution is -1.91. The van der Waals surface area contributed by atoms with Crippen molar-refractivity contribution in [1.82, 2.24) is 25.1 Å². The molecule has 0 amide bonds. The molecule has 1 N–H and O–H groups in total. The zero-order valence-corrected chi connectivity index (χ0v) is 11.0. The molecule has 0 spiro atoms. The van der Waals surface area contributed by atoms with Crippen LogP contribution in [-0.2, 0) is 0 Å². The second kappa shape index (κ2) is 4.25. The third-order valence-electron chi connectivity index (χ3n) is 3.15. The van der Waals surface area contributed by atoms with Crippen LogP contribution in [0.2, 0.25) is 5.28 Å². The Morgan fingerprint density at radius 1 is 1.05 bits per heavy atom. The highest BCUT2D eigenvalue weighted by Crippen LogP contribution is 2.27. The molecule has 0 unspecified atom stereocenters. The maximum Gasteiger partial charge on any atom is 0.224 e. The largest absolute Gasteiger partial charge is 0.261 e. The molecule has 20 heavy (non-hydrogen) atoms. The van der Waals surface area contributed by atoms with Crippen LogP contribution < -0.4 is 0 Å². The van der Waals surface area contributed by atoms with Gasteiger partial charge < -0.3 is 0 Å². The molecule has 0 atom stereocenters. The van der Waals surface area contributed by atoms with Gasteiger partial charge in [0, 0.05) is 17.1 Å². The number of rotatable bonds is 1. The van der Waals surface area contributed by atoms with Gasteiger partial charge in [-0.3, -0.25) is 10.1 Å². The Bertz CT molecular complexity index is 931. The van der Waals surface area contributed by atoms with Crippen LogP contribution in [0.3, 0.4) is 0 Å². The van der Waals surface area contributed by atoms with Gasteiger partial charge >= 0.3 is 0 Å². The maximum atomic E-state index is 5.96. The maximum absolute atomic E-state index is 5.96. The van der Waals surface area contributed by atoms with Gasteiger partial charge in [-0.25, -0.2) is 4.98 Å². The summed E-state index contributed by atoms with van der Waals surface area (Å²) < 4.78 is 0. The molecule has 0 saturated carbocycles. The number of hydrogen-bond acceptors (Lipinski definition) is 4. The van der Waals surface area contributed by atoms with Crippen LogP contribution in [0, 0.1) is 0 Å². The third kappa shape index (κ3) is 1.71. The summed E-state index contributed by atoms with van der Waals surface area (Å²) in [5.41, 5.74) is 3.18. The molecule has 4 aromatic rings. The Hall–Kier alpha value is -2.53. The van der Waals surface area contributed by atoms with Gasteiger partial charge in [-0.05, 0) is 23.7 Å². The van der Waals surface area contributed by atoms with E-state index in [-0.39, 0.29) is 5.28 Å². The highest BCUT2D eigenvalue weighted by molar-refractivity contribution is 6.28. The molecule has 0 aliphatic rings. The monoisotopic (exact) mass is 281 g/mol. The van der Waals surface area contributed by atoms with E-state index in [1.54, 1.807) is 12.4 Å². The number of nitrogens with zero attached hydrogens (tertiary/aromatic N) is 4. The van der Waals surface area contributed by atoms with Crippen molar-refractivity contribution < 1.29 is 0 Å². The van der Waals surface area contributed by atoms with Gasteiger partial charge in [0.25, 0.3) is 0 Å². The van der Waals surface area contributed by atoms with E-state index >= 15 is 0 Å². The van der Waals surface area contributed by atoms with Gasteiger partial charge in [-0.1, -0.05) is 18.2 Å². The van der Waals surface area contributed by atoms with Crippen LogP contribution in [0.1, 0.15) is 0 Å². The first kappa shape index (κ1) is 11.3. The Balaban J connectivity index is 2.02. The number of hydrogen-bond donors (Lipinski definition) is 1. The number of benzene rings is 1. The fourth-order valence-electron chi connectivity index (χ4n) is 2.23. The van der Waals surface area contributed by atoms with Gasteiger partial charge in [0.15, 0.2) is 5.65 Å². The zero-order chi connectivity index (χ0) is 13.5. The number of para-hydroxylation sites is 1. The summed E-state index contributed by atoms with van der Waals surface area (Å²) in [7, 11) is 0. The summed E-state index contributed by atoms with van der Waals surface area (Å²) in [5.74, 6) is 0. The third-order valence-corrected chi connectivity index (χ3v) is 3.32. The van der Waals surface area contributed by atoms with E-state index in [0.29, 0.717) is 5.65 Å². The molecule has 0 saturated heterocycles. The molecule has 0 fully saturated rings.